The van der Waals surface area contributed by atoms with E-state index in [0.717, 1.165) is 12.8 Å². The maximum absolute atomic E-state index is 8.24. The number of hydrogen-bond acceptors (Lipinski definition) is 2. The molecule has 0 unspecified atom stereocenters. The third-order valence-electron chi connectivity index (χ3n) is 1.13. The first kappa shape index (κ1) is 8.85. The number of unbranched alkanes of at least 4 members (excludes halogenated alkanes) is 2. The van der Waals surface area contributed by atoms with Crippen LogP contribution in [0.25, 0.3) is 0 Å². The van der Waals surface area contributed by atoms with Crippen LogP contribution < -0.4 is 5.48 Å². The molecule has 0 radical (unpaired) electrons. The fourth-order valence-corrected chi connectivity index (χ4v) is 0.736. The fourth-order valence-electron chi connectivity index (χ4n) is 0.591. The Hall–Kier alpha value is -0.150. The second-order valence-electron chi connectivity index (χ2n) is 1.99. The first-order valence-corrected chi connectivity index (χ1v) is 3.65. The van der Waals surface area contributed by atoms with Crippen molar-refractivity contribution in [2.45, 2.75) is 32.6 Å². The number of hydroxylamine groups is 1. The molecule has 0 saturated heterocycles. The number of thiocarbonyl (C=S) groups is 1. The van der Waals surface area contributed by atoms with Crippen molar-refractivity contribution in [1.29, 1.82) is 0 Å². The number of rotatable bonds is 4. The lowest BCUT2D eigenvalue weighted by atomic mass is 10.2. The molecule has 0 aliphatic carbocycles. The van der Waals surface area contributed by atoms with Gasteiger partial charge in [0.15, 0.2) is 0 Å². The van der Waals surface area contributed by atoms with Gasteiger partial charge in [-0.15, -0.1) is 0 Å². The molecule has 0 fully saturated rings. The van der Waals surface area contributed by atoms with Crippen LogP contribution in [0.5, 0.6) is 0 Å². The summed E-state index contributed by atoms with van der Waals surface area (Å²) in [7, 11) is 0. The molecule has 0 heterocycles. The minimum Gasteiger partial charge on any atom is -0.291 e. The zero-order chi connectivity index (χ0) is 7.11. The summed E-state index contributed by atoms with van der Waals surface area (Å²) in [5.74, 6) is 0. The lowest BCUT2D eigenvalue weighted by Crippen LogP contribution is -2.15. The Morgan fingerprint density at radius 1 is 1.56 bits per heavy atom. The Bertz CT molecular complexity index is 85.1. The largest absolute Gasteiger partial charge is 0.291 e. The van der Waals surface area contributed by atoms with Crippen LogP contribution in [0, 0.1) is 0 Å². The van der Waals surface area contributed by atoms with Gasteiger partial charge < -0.3 is 0 Å². The van der Waals surface area contributed by atoms with Crippen molar-refractivity contribution in [3.8, 4) is 0 Å². The van der Waals surface area contributed by atoms with Gasteiger partial charge in [-0.2, -0.15) is 0 Å². The van der Waals surface area contributed by atoms with E-state index in [2.05, 4.69) is 6.92 Å². The van der Waals surface area contributed by atoms with Gasteiger partial charge in [0, 0.05) is 0 Å². The first-order chi connectivity index (χ1) is 4.31. The van der Waals surface area contributed by atoms with Crippen molar-refractivity contribution < 1.29 is 5.21 Å². The third kappa shape index (κ3) is 5.73. The summed E-state index contributed by atoms with van der Waals surface area (Å²) in [6, 6.07) is 0. The van der Waals surface area contributed by atoms with Gasteiger partial charge >= 0.3 is 0 Å². The molecular weight excluding hydrogens is 134 g/mol. The standard InChI is InChI=1S/C6H13NOS/c1-2-3-4-5-6(9)7-8/h8H,2-5H2,1H3,(H,7,9). The van der Waals surface area contributed by atoms with Crippen LogP contribution in [-0.2, 0) is 0 Å². The van der Waals surface area contributed by atoms with Gasteiger partial charge in [-0.25, -0.2) is 0 Å². The average Bonchev–Trinajstić information content (AvgIpc) is 1.89. The Morgan fingerprint density at radius 2 is 2.22 bits per heavy atom. The van der Waals surface area contributed by atoms with Gasteiger partial charge in [-0.05, 0) is 12.8 Å². The van der Waals surface area contributed by atoms with E-state index >= 15 is 0 Å². The molecule has 2 N–H and O–H groups in total. The fraction of sp³-hybridized carbons (Fsp3) is 0.833. The highest BCUT2D eigenvalue weighted by atomic mass is 32.1. The Kier molecular flexibility index (Phi) is 5.88. The van der Waals surface area contributed by atoms with Crippen LogP contribution in [0.3, 0.4) is 0 Å². The van der Waals surface area contributed by atoms with Gasteiger partial charge in [0.2, 0.25) is 0 Å². The molecule has 0 rings (SSSR count). The summed E-state index contributed by atoms with van der Waals surface area (Å²) in [5, 5.41) is 8.24. The van der Waals surface area contributed by atoms with Crippen molar-refractivity contribution in [3.63, 3.8) is 0 Å². The lowest BCUT2D eigenvalue weighted by molar-refractivity contribution is 0.234. The van der Waals surface area contributed by atoms with E-state index in [9.17, 15) is 0 Å². The van der Waals surface area contributed by atoms with E-state index in [1.54, 1.807) is 0 Å². The molecule has 0 aliphatic rings. The van der Waals surface area contributed by atoms with E-state index in [4.69, 9.17) is 17.4 Å². The Balaban J connectivity index is 2.97. The predicted molar refractivity (Wildman–Crippen MR) is 41.7 cm³/mol. The number of nitrogens with one attached hydrogen (secondary N) is 1. The summed E-state index contributed by atoms with van der Waals surface area (Å²) in [5.41, 5.74) is 1.96. The van der Waals surface area contributed by atoms with Crippen LogP contribution in [0.2, 0.25) is 0 Å². The molecule has 0 aromatic carbocycles. The lowest BCUT2D eigenvalue weighted by Gasteiger charge is -1.98. The summed E-state index contributed by atoms with van der Waals surface area (Å²) in [4.78, 5) is 0.545. The SMILES string of the molecule is CCCCCC(=S)NO. The van der Waals surface area contributed by atoms with Crippen LogP contribution in [0.1, 0.15) is 32.6 Å². The summed E-state index contributed by atoms with van der Waals surface area (Å²) in [6.45, 7) is 2.13. The monoisotopic (exact) mass is 147 g/mol. The zero-order valence-electron chi connectivity index (χ0n) is 5.68. The molecule has 54 valence electrons. The molecular formula is C6H13NOS. The van der Waals surface area contributed by atoms with E-state index in [1.165, 1.54) is 12.8 Å². The van der Waals surface area contributed by atoms with Gasteiger partial charge in [0.25, 0.3) is 0 Å². The summed E-state index contributed by atoms with van der Waals surface area (Å²) < 4.78 is 0. The van der Waals surface area contributed by atoms with Crippen LogP contribution in [0.15, 0.2) is 0 Å². The molecule has 0 aliphatic heterocycles. The summed E-state index contributed by atoms with van der Waals surface area (Å²) in [6.07, 6.45) is 4.25. The summed E-state index contributed by atoms with van der Waals surface area (Å²) >= 11 is 4.71. The van der Waals surface area contributed by atoms with Crippen LogP contribution >= 0.6 is 12.2 Å². The average molecular weight is 147 g/mol. The van der Waals surface area contributed by atoms with Crippen molar-refractivity contribution in [2.24, 2.45) is 0 Å². The molecule has 0 aromatic heterocycles. The molecule has 0 aromatic rings. The molecule has 2 nitrogen and oxygen atoms in total. The highest BCUT2D eigenvalue weighted by Crippen LogP contribution is 1.98. The molecule has 0 amide bonds. The maximum atomic E-state index is 8.24. The normalized spacial score (nSPS) is 9.11. The maximum Gasteiger partial charge on any atom is 0.100 e. The molecule has 9 heavy (non-hydrogen) atoms. The van der Waals surface area contributed by atoms with Gasteiger partial charge in [0.1, 0.15) is 4.99 Å². The van der Waals surface area contributed by atoms with Crippen molar-refractivity contribution in [1.82, 2.24) is 5.48 Å². The second kappa shape index (κ2) is 5.98. The molecule has 0 atom stereocenters. The Morgan fingerprint density at radius 3 is 2.67 bits per heavy atom. The minimum atomic E-state index is 0.545. The molecule has 3 heteroatoms. The molecule has 0 bridgehead atoms. The highest BCUT2D eigenvalue weighted by Gasteiger charge is 1.91. The smallest absolute Gasteiger partial charge is 0.100 e. The van der Waals surface area contributed by atoms with E-state index in [0.29, 0.717) is 4.99 Å². The van der Waals surface area contributed by atoms with Gasteiger partial charge in [-0.3, -0.25) is 10.7 Å². The molecule has 0 saturated carbocycles. The van der Waals surface area contributed by atoms with E-state index in [-0.39, 0.29) is 0 Å². The van der Waals surface area contributed by atoms with Crippen LogP contribution in [0.4, 0.5) is 0 Å². The molecule has 0 spiro atoms. The first-order valence-electron chi connectivity index (χ1n) is 3.24. The minimum absolute atomic E-state index is 0.545. The highest BCUT2D eigenvalue weighted by molar-refractivity contribution is 7.80. The third-order valence-corrected chi connectivity index (χ3v) is 1.43. The zero-order valence-corrected chi connectivity index (χ0v) is 6.50. The quantitative estimate of drug-likeness (QED) is 0.362. The number of hydrogen-bond donors (Lipinski definition) is 2. The van der Waals surface area contributed by atoms with E-state index < -0.39 is 0 Å². The second-order valence-corrected chi connectivity index (χ2v) is 2.48. The van der Waals surface area contributed by atoms with Crippen molar-refractivity contribution in [2.75, 3.05) is 0 Å². The predicted octanol–water partition coefficient (Wildman–Crippen LogP) is 1.87. The Labute approximate surface area is 61.2 Å². The van der Waals surface area contributed by atoms with Crippen molar-refractivity contribution in [3.05, 3.63) is 0 Å². The topological polar surface area (TPSA) is 32.3 Å². The van der Waals surface area contributed by atoms with Gasteiger partial charge in [-0.1, -0.05) is 32.0 Å². The van der Waals surface area contributed by atoms with E-state index in [1.807, 2.05) is 5.48 Å². The van der Waals surface area contributed by atoms with Crippen molar-refractivity contribution >= 4 is 17.2 Å². The van der Waals surface area contributed by atoms with Gasteiger partial charge in [0.05, 0.1) is 0 Å². The van der Waals surface area contributed by atoms with Crippen LogP contribution in [-0.4, -0.2) is 10.2 Å².